The van der Waals surface area contributed by atoms with Crippen LogP contribution in [0.15, 0.2) is 18.5 Å². The Hall–Kier alpha value is -0.800. The third kappa shape index (κ3) is 3.94. The molecule has 1 heterocycles. The molecule has 0 saturated carbocycles. The predicted molar refractivity (Wildman–Crippen MR) is 60.5 cm³/mol. The van der Waals surface area contributed by atoms with Gasteiger partial charge < -0.3 is 15.6 Å². The first-order chi connectivity index (χ1) is 6.64. The summed E-state index contributed by atoms with van der Waals surface area (Å²) in [6, 6.07) is 2.12. The van der Waals surface area contributed by atoms with Gasteiger partial charge in [0.2, 0.25) is 0 Å². The van der Waals surface area contributed by atoms with Crippen molar-refractivity contribution < 1.29 is 0 Å². The van der Waals surface area contributed by atoms with Gasteiger partial charge in [0.15, 0.2) is 0 Å². The molecule has 0 bridgehead atoms. The van der Waals surface area contributed by atoms with Gasteiger partial charge in [-0.05, 0) is 45.5 Å². The molecular formula is C11H21N3. The molecule has 0 aliphatic heterocycles. The third-order valence-electron chi connectivity index (χ3n) is 2.50. The van der Waals surface area contributed by atoms with Crippen molar-refractivity contribution in [2.75, 3.05) is 20.1 Å². The Morgan fingerprint density at radius 3 is 2.79 bits per heavy atom. The van der Waals surface area contributed by atoms with Gasteiger partial charge in [-0.25, -0.2) is 0 Å². The molecule has 0 atom stereocenters. The Morgan fingerprint density at radius 1 is 1.43 bits per heavy atom. The number of hydrogen-bond acceptors (Lipinski definition) is 2. The Balaban J connectivity index is 2.11. The van der Waals surface area contributed by atoms with E-state index in [0.717, 1.165) is 19.5 Å². The summed E-state index contributed by atoms with van der Waals surface area (Å²) in [5.41, 5.74) is 1.54. The van der Waals surface area contributed by atoms with E-state index in [1.54, 1.807) is 0 Å². The van der Waals surface area contributed by atoms with E-state index in [-0.39, 0.29) is 5.54 Å². The maximum atomic E-state index is 3.44. The molecule has 0 aliphatic rings. The zero-order chi connectivity index (χ0) is 10.4. The van der Waals surface area contributed by atoms with Crippen LogP contribution in [0.25, 0.3) is 0 Å². The number of H-pyrrole nitrogens is 1. The lowest BCUT2D eigenvalue weighted by atomic mass is 10.1. The first kappa shape index (κ1) is 11.3. The highest BCUT2D eigenvalue weighted by molar-refractivity contribution is 5.08. The van der Waals surface area contributed by atoms with Crippen LogP contribution >= 0.6 is 0 Å². The van der Waals surface area contributed by atoms with E-state index >= 15 is 0 Å². The van der Waals surface area contributed by atoms with Gasteiger partial charge >= 0.3 is 0 Å². The second kappa shape index (κ2) is 5.17. The Morgan fingerprint density at radius 2 is 2.21 bits per heavy atom. The van der Waals surface area contributed by atoms with Gasteiger partial charge in [-0.2, -0.15) is 0 Å². The van der Waals surface area contributed by atoms with Gasteiger partial charge in [-0.15, -0.1) is 0 Å². The van der Waals surface area contributed by atoms with Crippen molar-refractivity contribution >= 4 is 0 Å². The fourth-order valence-corrected chi connectivity index (χ4v) is 1.24. The van der Waals surface area contributed by atoms with E-state index in [2.05, 4.69) is 35.5 Å². The van der Waals surface area contributed by atoms with Crippen molar-refractivity contribution in [1.29, 1.82) is 0 Å². The summed E-state index contributed by atoms with van der Waals surface area (Å²) in [5.74, 6) is 0. The van der Waals surface area contributed by atoms with Crippen molar-refractivity contribution in [3.63, 3.8) is 0 Å². The number of likely N-dealkylation sites (N-methyl/N-ethyl adjacent to an activating group) is 1. The highest BCUT2D eigenvalue weighted by atomic mass is 15.0. The fraction of sp³-hybridized carbons (Fsp3) is 0.636. The van der Waals surface area contributed by atoms with Crippen LogP contribution in [-0.2, 0) is 6.42 Å². The van der Waals surface area contributed by atoms with E-state index in [1.165, 1.54) is 5.56 Å². The molecule has 1 aromatic heterocycles. The van der Waals surface area contributed by atoms with Gasteiger partial charge in [0.25, 0.3) is 0 Å². The highest BCUT2D eigenvalue weighted by Crippen LogP contribution is 1.99. The van der Waals surface area contributed by atoms with Crippen LogP contribution in [0, 0.1) is 0 Å². The second-order valence-corrected chi connectivity index (χ2v) is 4.28. The van der Waals surface area contributed by atoms with Crippen molar-refractivity contribution in [1.82, 2.24) is 15.6 Å². The number of nitrogens with one attached hydrogen (secondary N) is 3. The van der Waals surface area contributed by atoms with Crippen LogP contribution in [0.5, 0.6) is 0 Å². The topological polar surface area (TPSA) is 39.8 Å². The predicted octanol–water partition coefficient (Wildman–Crippen LogP) is 1.14. The average Bonchev–Trinajstić information content (AvgIpc) is 2.65. The van der Waals surface area contributed by atoms with Crippen LogP contribution in [-0.4, -0.2) is 30.7 Å². The fourth-order valence-electron chi connectivity index (χ4n) is 1.24. The molecule has 0 saturated heterocycles. The van der Waals surface area contributed by atoms with Crippen molar-refractivity contribution in [2.24, 2.45) is 0 Å². The summed E-state index contributed by atoms with van der Waals surface area (Å²) < 4.78 is 0. The van der Waals surface area contributed by atoms with Gasteiger partial charge in [0, 0.05) is 24.5 Å². The smallest absolute Gasteiger partial charge is 0.0246 e. The number of aromatic amines is 1. The molecular weight excluding hydrogens is 174 g/mol. The summed E-state index contributed by atoms with van der Waals surface area (Å²) in [6.07, 6.45) is 5.10. The first-order valence-corrected chi connectivity index (χ1v) is 5.15. The summed E-state index contributed by atoms with van der Waals surface area (Å²) in [6.45, 7) is 6.41. The maximum absolute atomic E-state index is 3.44. The Bertz CT molecular complexity index is 239. The minimum atomic E-state index is 0.179. The van der Waals surface area contributed by atoms with Crippen molar-refractivity contribution in [3.05, 3.63) is 24.0 Å². The maximum Gasteiger partial charge on any atom is 0.0246 e. The SMILES string of the molecule is CNC(C)(C)CNCCc1cc[nH]c1. The van der Waals surface area contributed by atoms with Crippen molar-refractivity contribution in [2.45, 2.75) is 25.8 Å². The van der Waals surface area contributed by atoms with Gasteiger partial charge in [0.1, 0.15) is 0 Å². The monoisotopic (exact) mass is 195 g/mol. The molecule has 0 spiro atoms. The molecule has 3 N–H and O–H groups in total. The lowest BCUT2D eigenvalue weighted by molar-refractivity contribution is 0.395. The highest BCUT2D eigenvalue weighted by Gasteiger charge is 2.12. The molecule has 0 unspecified atom stereocenters. The summed E-state index contributed by atoms with van der Waals surface area (Å²) in [7, 11) is 1.99. The number of rotatable bonds is 6. The zero-order valence-corrected chi connectivity index (χ0v) is 9.35. The number of hydrogen-bond donors (Lipinski definition) is 3. The largest absolute Gasteiger partial charge is 0.367 e. The first-order valence-electron chi connectivity index (χ1n) is 5.15. The molecule has 1 aromatic rings. The quantitative estimate of drug-likeness (QED) is 0.596. The second-order valence-electron chi connectivity index (χ2n) is 4.28. The van der Waals surface area contributed by atoms with E-state index in [9.17, 15) is 0 Å². The van der Waals surface area contributed by atoms with Gasteiger partial charge in [0.05, 0.1) is 0 Å². The third-order valence-corrected chi connectivity index (χ3v) is 2.50. The van der Waals surface area contributed by atoms with Gasteiger partial charge in [-0.3, -0.25) is 0 Å². The lowest BCUT2D eigenvalue weighted by Crippen LogP contribution is -2.46. The molecule has 0 aromatic carbocycles. The zero-order valence-electron chi connectivity index (χ0n) is 9.35. The Labute approximate surface area is 86.3 Å². The van der Waals surface area contributed by atoms with Crippen LogP contribution in [0.4, 0.5) is 0 Å². The summed E-state index contributed by atoms with van der Waals surface area (Å²) in [5, 5.41) is 6.70. The minimum Gasteiger partial charge on any atom is -0.367 e. The Kier molecular flexibility index (Phi) is 4.17. The molecule has 0 aliphatic carbocycles. The van der Waals surface area contributed by atoms with Crippen LogP contribution in [0.1, 0.15) is 19.4 Å². The van der Waals surface area contributed by atoms with Gasteiger partial charge in [-0.1, -0.05) is 0 Å². The van der Waals surface area contributed by atoms with Crippen LogP contribution in [0.2, 0.25) is 0 Å². The molecule has 0 amide bonds. The average molecular weight is 195 g/mol. The van der Waals surface area contributed by atoms with E-state index in [4.69, 9.17) is 0 Å². The molecule has 3 nitrogen and oxygen atoms in total. The lowest BCUT2D eigenvalue weighted by Gasteiger charge is -2.24. The molecule has 1 rings (SSSR count). The summed E-state index contributed by atoms with van der Waals surface area (Å²) in [4.78, 5) is 3.06. The molecule has 0 fully saturated rings. The van der Waals surface area contributed by atoms with Crippen LogP contribution < -0.4 is 10.6 Å². The normalized spacial score (nSPS) is 11.9. The molecule has 0 radical (unpaired) electrons. The van der Waals surface area contributed by atoms with E-state index in [0.29, 0.717) is 0 Å². The van der Waals surface area contributed by atoms with Crippen LogP contribution in [0.3, 0.4) is 0 Å². The molecule has 3 heteroatoms. The van der Waals surface area contributed by atoms with E-state index < -0.39 is 0 Å². The number of aromatic nitrogens is 1. The minimum absolute atomic E-state index is 0.179. The van der Waals surface area contributed by atoms with Crippen molar-refractivity contribution in [3.8, 4) is 0 Å². The van der Waals surface area contributed by atoms with E-state index in [1.807, 2.05) is 19.4 Å². The molecule has 14 heavy (non-hydrogen) atoms. The molecule has 80 valence electrons. The standard InChI is InChI=1S/C11H21N3/c1-11(2,12-3)9-14-7-5-10-4-6-13-8-10/h4,6,8,12-14H,5,7,9H2,1-3H3. The summed E-state index contributed by atoms with van der Waals surface area (Å²) >= 11 is 0.